The smallest absolute Gasteiger partial charge is 0.396 e. The molecule has 8 nitrogen and oxygen atoms in total. The van der Waals surface area contributed by atoms with Gasteiger partial charge >= 0.3 is 17.8 Å². The zero-order chi connectivity index (χ0) is 18.4. The fourth-order valence-corrected chi connectivity index (χ4v) is 2.46. The van der Waals surface area contributed by atoms with Crippen LogP contribution in [0.3, 0.4) is 0 Å². The highest BCUT2D eigenvalue weighted by Gasteiger charge is 2.25. The Hall–Kier alpha value is -3.03. The fourth-order valence-electron chi connectivity index (χ4n) is 2.46. The molecule has 0 radical (unpaired) electrons. The van der Waals surface area contributed by atoms with E-state index in [4.69, 9.17) is 4.74 Å². The highest BCUT2D eigenvalue weighted by atomic mass is 16.5. The second-order valence-electron chi connectivity index (χ2n) is 5.27. The zero-order valence-electron chi connectivity index (χ0n) is 14.4. The van der Waals surface area contributed by atoms with Gasteiger partial charge in [0.05, 0.1) is 14.2 Å². The first-order chi connectivity index (χ1) is 12.0. The van der Waals surface area contributed by atoms with Gasteiger partial charge in [-0.15, -0.1) is 0 Å². The van der Waals surface area contributed by atoms with Crippen LogP contribution in [0.25, 0.3) is 5.57 Å². The number of esters is 2. The molecular formula is C17H21N3O5. The minimum Gasteiger partial charge on any atom is -0.465 e. The second kappa shape index (κ2) is 8.18. The van der Waals surface area contributed by atoms with Crippen LogP contribution in [0.5, 0.6) is 0 Å². The molecule has 0 aromatic heterocycles. The Labute approximate surface area is 145 Å². The number of hydrogen-bond donors (Lipinski definition) is 3. The molecule has 0 unspecified atom stereocenters. The largest absolute Gasteiger partial charge is 0.465 e. The van der Waals surface area contributed by atoms with Crippen molar-refractivity contribution in [3.63, 3.8) is 0 Å². The lowest BCUT2D eigenvalue weighted by Gasteiger charge is -2.16. The quantitative estimate of drug-likeness (QED) is 0.411. The first-order valence-electron chi connectivity index (χ1n) is 7.84. The van der Waals surface area contributed by atoms with Crippen LogP contribution in [0.4, 0.5) is 5.69 Å². The number of carbonyl (C=O) groups excluding carboxylic acids is 3. The molecule has 0 aliphatic carbocycles. The molecule has 8 heteroatoms. The van der Waals surface area contributed by atoms with Crippen molar-refractivity contribution in [2.24, 2.45) is 0 Å². The number of benzene rings is 1. The summed E-state index contributed by atoms with van der Waals surface area (Å²) < 4.78 is 9.32. The van der Waals surface area contributed by atoms with Gasteiger partial charge in [-0.3, -0.25) is 4.79 Å². The number of anilines is 1. The molecule has 3 N–H and O–H groups in total. The van der Waals surface area contributed by atoms with E-state index in [1.807, 2.05) is 13.0 Å². The topological polar surface area (TPSA) is 106 Å². The summed E-state index contributed by atoms with van der Waals surface area (Å²) in [5, 5.41) is 8.66. The lowest BCUT2D eigenvalue weighted by molar-refractivity contribution is -0.150. The lowest BCUT2D eigenvalue weighted by Crippen LogP contribution is -2.25. The van der Waals surface area contributed by atoms with E-state index in [-0.39, 0.29) is 5.57 Å². The molecule has 0 spiro atoms. The monoisotopic (exact) mass is 347 g/mol. The number of methoxy groups -OCH3 is 2. The Morgan fingerprint density at radius 2 is 1.72 bits per heavy atom. The molecule has 1 aromatic carbocycles. The van der Waals surface area contributed by atoms with E-state index in [0.29, 0.717) is 30.2 Å². The van der Waals surface area contributed by atoms with Crippen LogP contribution in [-0.4, -0.2) is 45.2 Å². The van der Waals surface area contributed by atoms with Gasteiger partial charge in [0.15, 0.2) is 0 Å². The molecule has 1 fully saturated rings. The van der Waals surface area contributed by atoms with Gasteiger partial charge in [0.1, 0.15) is 11.4 Å². The van der Waals surface area contributed by atoms with Gasteiger partial charge < -0.3 is 25.4 Å². The number of rotatable bonds is 4. The summed E-state index contributed by atoms with van der Waals surface area (Å²) in [5.74, 6) is -1.98. The highest BCUT2D eigenvalue weighted by Crippen LogP contribution is 2.28. The molecule has 1 amide bonds. The summed E-state index contributed by atoms with van der Waals surface area (Å²) in [7, 11) is 2.41. The first kappa shape index (κ1) is 18.3. The van der Waals surface area contributed by atoms with Gasteiger partial charge in [-0.1, -0.05) is 13.0 Å². The first-order valence-corrected chi connectivity index (χ1v) is 7.84. The fraction of sp³-hybridized carbons (Fsp3) is 0.353. The van der Waals surface area contributed by atoms with Crippen molar-refractivity contribution in [1.82, 2.24) is 10.6 Å². The van der Waals surface area contributed by atoms with E-state index in [9.17, 15) is 14.4 Å². The second-order valence-corrected chi connectivity index (χ2v) is 5.27. The highest BCUT2D eigenvalue weighted by molar-refractivity contribution is 6.37. The van der Waals surface area contributed by atoms with Crippen molar-refractivity contribution in [2.45, 2.75) is 13.3 Å². The number of amides is 1. The summed E-state index contributed by atoms with van der Waals surface area (Å²) in [6.45, 7) is 3.29. The molecule has 2 rings (SSSR count). The summed E-state index contributed by atoms with van der Waals surface area (Å²) in [5.41, 5.74) is 2.00. The van der Waals surface area contributed by atoms with E-state index in [2.05, 4.69) is 20.7 Å². The minimum atomic E-state index is -1.02. The Morgan fingerprint density at radius 3 is 2.28 bits per heavy atom. The van der Waals surface area contributed by atoms with E-state index in [1.165, 1.54) is 7.11 Å². The predicted octanol–water partition coefficient (Wildman–Crippen LogP) is 0.395. The molecule has 1 saturated heterocycles. The van der Waals surface area contributed by atoms with Crippen LogP contribution in [-0.2, 0) is 30.3 Å². The van der Waals surface area contributed by atoms with Crippen molar-refractivity contribution >= 4 is 29.1 Å². The van der Waals surface area contributed by atoms with Crippen LogP contribution >= 0.6 is 0 Å². The van der Waals surface area contributed by atoms with E-state index in [0.717, 1.165) is 19.1 Å². The molecule has 1 aliphatic rings. The van der Waals surface area contributed by atoms with E-state index >= 15 is 0 Å². The predicted molar refractivity (Wildman–Crippen MR) is 91.4 cm³/mol. The van der Waals surface area contributed by atoms with Crippen LogP contribution in [0.2, 0.25) is 0 Å². The summed E-state index contributed by atoms with van der Waals surface area (Å²) in [6, 6.07) is 5.24. The van der Waals surface area contributed by atoms with Gasteiger partial charge in [0.2, 0.25) is 0 Å². The molecule has 1 heterocycles. The third-order valence-corrected chi connectivity index (χ3v) is 3.75. The Bertz CT molecular complexity index is 719. The van der Waals surface area contributed by atoms with Crippen LogP contribution < -0.4 is 16.0 Å². The maximum atomic E-state index is 12.4. The molecule has 0 bridgehead atoms. The summed E-state index contributed by atoms with van der Waals surface area (Å²) in [4.78, 5) is 35.7. The van der Waals surface area contributed by atoms with Gasteiger partial charge in [-0.25, -0.2) is 9.59 Å². The van der Waals surface area contributed by atoms with Crippen molar-refractivity contribution in [3.8, 4) is 0 Å². The number of carbonyl (C=O) groups is 3. The Balaban J connectivity index is 2.55. The molecule has 0 saturated carbocycles. The standard InChI is InChI=1S/C17H21N3O5/c1-4-10-5-6-12(20-15(21)17(23)25-3)11(9-10)13(16(22)24-2)14-18-7-8-19-14/h5-6,9,18-19H,4,7-8H2,1-3H3,(H,20,21). The normalized spacial score (nSPS) is 12.7. The van der Waals surface area contributed by atoms with Crippen molar-refractivity contribution < 1.29 is 23.9 Å². The van der Waals surface area contributed by atoms with Crippen LogP contribution in [0.15, 0.2) is 24.0 Å². The molecule has 0 atom stereocenters. The maximum absolute atomic E-state index is 12.4. The molecular weight excluding hydrogens is 326 g/mol. The summed E-state index contributed by atoms with van der Waals surface area (Å²) in [6.07, 6.45) is 0.739. The minimum absolute atomic E-state index is 0.260. The number of nitrogens with one attached hydrogen (secondary N) is 3. The number of aryl methyl sites for hydroxylation is 1. The lowest BCUT2D eigenvalue weighted by atomic mass is 9.99. The van der Waals surface area contributed by atoms with Gasteiger partial charge in [-0.2, -0.15) is 0 Å². The van der Waals surface area contributed by atoms with Crippen molar-refractivity contribution in [1.29, 1.82) is 0 Å². The van der Waals surface area contributed by atoms with E-state index < -0.39 is 17.8 Å². The SMILES string of the molecule is CCc1ccc(NC(=O)C(=O)OC)c(C(C(=O)OC)=C2NCCN2)c1. The summed E-state index contributed by atoms with van der Waals surface area (Å²) >= 11 is 0. The van der Waals surface area contributed by atoms with Gasteiger partial charge in [0.25, 0.3) is 0 Å². The molecule has 134 valence electrons. The average molecular weight is 347 g/mol. The number of ether oxygens (including phenoxy) is 2. The number of hydrogen-bond acceptors (Lipinski definition) is 7. The Kier molecular flexibility index (Phi) is 5.99. The van der Waals surface area contributed by atoms with Crippen LogP contribution in [0, 0.1) is 0 Å². The average Bonchev–Trinajstić information content (AvgIpc) is 3.16. The van der Waals surface area contributed by atoms with Crippen LogP contribution in [0.1, 0.15) is 18.1 Å². The van der Waals surface area contributed by atoms with E-state index in [1.54, 1.807) is 12.1 Å². The van der Waals surface area contributed by atoms with Gasteiger partial charge in [-0.05, 0) is 24.1 Å². The third-order valence-electron chi connectivity index (χ3n) is 3.75. The maximum Gasteiger partial charge on any atom is 0.396 e. The molecule has 25 heavy (non-hydrogen) atoms. The van der Waals surface area contributed by atoms with Gasteiger partial charge in [0, 0.05) is 24.3 Å². The molecule has 1 aliphatic heterocycles. The molecule has 1 aromatic rings. The third kappa shape index (κ3) is 4.09. The zero-order valence-corrected chi connectivity index (χ0v) is 14.4. The van der Waals surface area contributed by atoms with Crippen molar-refractivity contribution in [3.05, 3.63) is 35.1 Å². The Morgan fingerprint density at radius 1 is 1.08 bits per heavy atom. The van der Waals surface area contributed by atoms with Crippen molar-refractivity contribution in [2.75, 3.05) is 32.6 Å².